The standard InChI is InChI=1S/C14H14BrFN2O3/c15-8-2-1-6-3-9(18-13(6)12(8)16)14(21)17-7-4-10(19)11(20)5-7/h1-3,7,10-11,18-20H,4-5H2,(H,17,21)/t7?,10-,11+. The van der Waals surface area contributed by atoms with Crippen molar-refractivity contribution >= 4 is 32.7 Å². The Morgan fingerprint density at radius 2 is 2.00 bits per heavy atom. The lowest BCUT2D eigenvalue weighted by Crippen LogP contribution is -2.33. The molecular formula is C14H14BrFN2O3. The van der Waals surface area contributed by atoms with Gasteiger partial charge in [0.2, 0.25) is 0 Å². The number of aliphatic hydroxyl groups excluding tert-OH is 2. The molecule has 21 heavy (non-hydrogen) atoms. The van der Waals surface area contributed by atoms with Gasteiger partial charge in [-0.2, -0.15) is 0 Å². The molecule has 4 N–H and O–H groups in total. The van der Waals surface area contributed by atoms with Gasteiger partial charge in [-0.05, 0) is 40.9 Å². The molecule has 1 unspecified atom stereocenters. The van der Waals surface area contributed by atoms with Crippen LogP contribution in [0.25, 0.3) is 10.9 Å². The van der Waals surface area contributed by atoms with Crippen LogP contribution in [0, 0.1) is 5.82 Å². The van der Waals surface area contributed by atoms with E-state index < -0.39 is 18.0 Å². The summed E-state index contributed by atoms with van der Waals surface area (Å²) in [6.07, 6.45) is -1.00. The van der Waals surface area contributed by atoms with Gasteiger partial charge in [-0.15, -0.1) is 0 Å². The Balaban J connectivity index is 1.81. The Morgan fingerprint density at radius 1 is 1.33 bits per heavy atom. The molecule has 0 saturated heterocycles. The average Bonchev–Trinajstić information content (AvgIpc) is 2.99. The highest BCUT2D eigenvalue weighted by atomic mass is 79.9. The molecule has 0 spiro atoms. The van der Waals surface area contributed by atoms with E-state index in [0.717, 1.165) is 0 Å². The van der Waals surface area contributed by atoms with Gasteiger partial charge in [0, 0.05) is 11.4 Å². The minimum Gasteiger partial charge on any atom is -0.390 e. The van der Waals surface area contributed by atoms with Crippen LogP contribution in [-0.4, -0.2) is 39.4 Å². The molecule has 3 atom stereocenters. The molecule has 1 amide bonds. The first-order valence-corrected chi connectivity index (χ1v) is 7.38. The number of aliphatic hydroxyl groups is 2. The molecule has 0 aliphatic heterocycles. The van der Waals surface area contributed by atoms with Gasteiger partial charge < -0.3 is 20.5 Å². The van der Waals surface area contributed by atoms with Crippen molar-refractivity contribution in [3.8, 4) is 0 Å². The fourth-order valence-electron chi connectivity index (χ4n) is 2.64. The molecule has 1 aromatic carbocycles. The number of rotatable bonds is 2. The summed E-state index contributed by atoms with van der Waals surface area (Å²) in [6.45, 7) is 0. The number of fused-ring (bicyclic) bond motifs is 1. The van der Waals surface area contributed by atoms with E-state index in [1.54, 1.807) is 18.2 Å². The number of H-pyrrole nitrogens is 1. The number of carbonyl (C=O) groups is 1. The van der Waals surface area contributed by atoms with Gasteiger partial charge >= 0.3 is 0 Å². The highest BCUT2D eigenvalue weighted by Gasteiger charge is 2.32. The lowest BCUT2D eigenvalue weighted by atomic mass is 10.2. The van der Waals surface area contributed by atoms with Crippen molar-refractivity contribution in [2.75, 3.05) is 0 Å². The van der Waals surface area contributed by atoms with Crippen LogP contribution in [0.4, 0.5) is 4.39 Å². The van der Waals surface area contributed by atoms with Gasteiger partial charge in [0.05, 0.1) is 22.2 Å². The molecule has 2 aromatic rings. The number of amides is 1. The second kappa shape index (κ2) is 5.40. The quantitative estimate of drug-likeness (QED) is 0.660. The molecule has 1 aliphatic carbocycles. The molecule has 0 bridgehead atoms. The zero-order chi connectivity index (χ0) is 15.1. The Kier molecular flexibility index (Phi) is 3.73. The third kappa shape index (κ3) is 2.68. The maximum Gasteiger partial charge on any atom is 0.267 e. The Bertz CT molecular complexity index is 693. The number of hydrogen-bond donors (Lipinski definition) is 4. The highest BCUT2D eigenvalue weighted by Crippen LogP contribution is 2.25. The SMILES string of the molecule is O=C(NC1C[C@@H](O)[C@@H](O)C1)c1cc2ccc(Br)c(F)c2[nH]1. The smallest absolute Gasteiger partial charge is 0.267 e. The zero-order valence-corrected chi connectivity index (χ0v) is 12.5. The van der Waals surface area contributed by atoms with Crippen LogP contribution in [0.1, 0.15) is 23.3 Å². The minimum atomic E-state index is -0.814. The minimum absolute atomic E-state index is 0.248. The molecule has 1 fully saturated rings. The summed E-state index contributed by atoms with van der Waals surface area (Å²) in [4.78, 5) is 14.9. The summed E-state index contributed by atoms with van der Waals surface area (Å²) in [5.41, 5.74) is 0.513. The first-order valence-electron chi connectivity index (χ1n) is 6.59. The molecule has 0 radical (unpaired) electrons. The summed E-state index contributed by atoms with van der Waals surface area (Å²) in [6, 6.07) is 4.57. The fraction of sp³-hybridized carbons (Fsp3) is 0.357. The lowest BCUT2D eigenvalue weighted by Gasteiger charge is -2.10. The predicted octanol–water partition coefficient (Wildman–Crippen LogP) is 1.68. The Hall–Kier alpha value is -1.44. The number of aromatic nitrogens is 1. The molecule has 112 valence electrons. The van der Waals surface area contributed by atoms with Crippen LogP contribution >= 0.6 is 15.9 Å². The second-order valence-corrected chi connectivity index (χ2v) is 6.14. The molecule has 7 heteroatoms. The summed E-state index contributed by atoms with van der Waals surface area (Å²) in [7, 11) is 0. The van der Waals surface area contributed by atoms with Gasteiger partial charge in [0.15, 0.2) is 5.82 Å². The normalized spacial score (nSPS) is 25.4. The van der Waals surface area contributed by atoms with Crippen molar-refractivity contribution in [2.24, 2.45) is 0 Å². The third-order valence-corrected chi connectivity index (χ3v) is 4.38. The number of aromatic amines is 1. The van der Waals surface area contributed by atoms with E-state index in [0.29, 0.717) is 22.7 Å². The number of carbonyl (C=O) groups excluding carboxylic acids is 1. The maximum absolute atomic E-state index is 13.9. The topological polar surface area (TPSA) is 85.3 Å². The molecule has 1 aromatic heterocycles. The number of benzene rings is 1. The van der Waals surface area contributed by atoms with Crippen molar-refractivity contribution in [2.45, 2.75) is 31.1 Å². The number of hydrogen-bond acceptors (Lipinski definition) is 3. The predicted molar refractivity (Wildman–Crippen MR) is 78.5 cm³/mol. The van der Waals surface area contributed by atoms with Crippen molar-refractivity contribution in [1.82, 2.24) is 10.3 Å². The molecular weight excluding hydrogens is 343 g/mol. The number of nitrogens with one attached hydrogen (secondary N) is 2. The molecule has 1 heterocycles. The van der Waals surface area contributed by atoms with Crippen LogP contribution in [-0.2, 0) is 0 Å². The van der Waals surface area contributed by atoms with Crippen molar-refractivity contribution in [3.63, 3.8) is 0 Å². The maximum atomic E-state index is 13.9. The molecule has 1 saturated carbocycles. The summed E-state index contributed by atoms with van der Waals surface area (Å²) >= 11 is 3.10. The van der Waals surface area contributed by atoms with Crippen molar-refractivity contribution < 1.29 is 19.4 Å². The van der Waals surface area contributed by atoms with Crippen LogP contribution < -0.4 is 5.32 Å². The third-order valence-electron chi connectivity index (χ3n) is 3.76. The van der Waals surface area contributed by atoms with Gasteiger partial charge in [0.1, 0.15) is 5.69 Å². The zero-order valence-electron chi connectivity index (χ0n) is 10.9. The van der Waals surface area contributed by atoms with Gasteiger partial charge in [-0.1, -0.05) is 6.07 Å². The van der Waals surface area contributed by atoms with E-state index in [1.807, 2.05) is 0 Å². The first-order chi connectivity index (χ1) is 9.95. The molecule has 3 rings (SSSR count). The van der Waals surface area contributed by atoms with E-state index in [1.165, 1.54) is 0 Å². The van der Waals surface area contributed by atoms with Gasteiger partial charge in [-0.3, -0.25) is 4.79 Å². The van der Waals surface area contributed by atoms with E-state index in [4.69, 9.17) is 0 Å². The lowest BCUT2D eigenvalue weighted by molar-refractivity contribution is 0.0438. The Labute approximate surface area is 128 Å². The largest absolute Gasteiger partial charge is 0.390 e. The van der Waals surface area contributed by atoms with Crippen molar-refractivity contribution in [1.29, 1.82) is 0 Å². The second-order valence-electron chi connectivity index (χ2n) is 5.29. The highest BCUT2D eigenvalue weighted by molar-refractivity contribution is 9.10. The summed E-state index contributed by atoms with van der Waals surface area (Å²) < 4.78 is 14.2. The van der Waals surface area contributed by atoms with Crippen LogP contribution in [0.15, 0.2) is 22.7 Å². The monoisotopic (exact) mass is 356 g/mol. The van der Waals surface area contributed by atoms with Crippen LogP contribution in [0.3, 0.4) is 0 Å². The van der Waals surface area contributed by atoms with E-state index in [-0.39, 0.29) is 23.2 Å². The van der Waals surface area contributed by atoms with Crippen LogP contribution in [0.2, 0.25) is 0 Å². The fourth-order valence-corrected chi connectivity index (χ4v) is 2.97. The summed E-state index contributed by atoms with van der Waals surface area (Å²) in [5.74, 6) is -0.828. The van der Waals surface area contributed by atoms with Crippen molar-refractivity contribution in [3.05, 3.63) is 34.2 Å². The average molecular weight is 357 g/mol. The summed E-state index contributed by atoms with van der Waals surface area (Å²) in [5, 5.41) is 22.3. The first kappa shape index (κ1) is 14.5. The van der Waals surface area contributed by atoms with E-state index in [9.17, 15) is 19.4 Å². The van der Waals surface area contributed by atoms with E-state index >= 15 is 0 Å². The molecule has 5 nitrogen and oxygen atoms in total. The van der Waals surface area contributed by atoms with Gasteiger partial charge in [0.25, 0.3) is 5.91 Å². The molecule has 1 aliphatic rings. The Morgan fingerprint density at radius 3 is 2.67 bits per heavy atom. The number of halogens is 2. The van der Waals surface area contributed by atoms with E-state index in [2.05, 4.69) is 26.2 Å². The van der Waals surface area contributed by atoms with Crippen LogP contribution in [0.5, 0.6) is 0 Å². The van der Waals surface area contributed by atoms with Gasteiger partial charge in [-0.25, -0.2) is 4.39 Å².